The van der Waals surface area contributed by atoms with Gasteiger partial charge < -0.3 is 133 Å². The van der Waals surface area contributed by atoms with Crippen molar-refractivity contribution in [2.24, 2.45) is 0 Å². The van der Waals surface area contributed by atoms with Crippen molar-refractivity contribution in [2.45, 2.75) is 98.2 Å². The van der Waals surface area contributed by atoms with Crippen LogP contribution in [0.4, 0.5) is 0 Å². The van der Waals surface area contributed by atoms with Crippen molar-refractivity contribution in [1.82, 2.24) is 0 Å². The number of methoxy groups -OCH3 is 4. The van der Waals surface area contributed by atoms with Crippen molar-refractivity contribution >= 4 is 30.2 Å². The Balaban J connectivity index is 1.01. The van der Waals surface area contributed by atoms with Crippen molar-refractivity contribution in [1.29, 1.82) is 0 Å². The van der Waals surface area contributed by atoms with Gasteiger partial charge in [-0.15, -0.1) is 0 Å². The molecule has 16 unspecified atom stereocenters. The number of hydrogen-bond donors (Lipinski definition) is 14. The average Bonchev–Trinajstić information content (AvgIpc) is 2.98. The number of aliphatic hydroxyl groups is 11. The molecular weight excluding hydrogens is 1120 g/mol. The summed E-state index contributed by atoms with van der Waals surface area (Å²) in [4.78, 5) is 25.6. The smallest absolute Gasteiger partial charge is 0.330 e. The van der Waals surface area contributed by atoms with Crippen molar-refractivity contribution in [3.05, 3.63) is 94.8 Å². The highest BCUT2D eigenvalue weighted by Gasteiger charge is 2.49. The van der Waals surface area contributed by atoms with Gasteiger partial charge in [-0.1, -0.05) is 0 Å². The molecule has 4 aromatic rings. The summed E-state index contributed by atoms with van der Waals surface area (Å²) in [5.74, 6) is -4.45. The Morgan fingerprint density at radius 1 is 0.512 bits per heavy atom. The Morgan fingerprint density at radius 3 is 1.42 bits per heavy atom. The Bertz CT molecular complexity index is 3020. The molecule has 29 heteroatoms. The van der Waals surface area contributed by atoms with Crippen molar-refractivity contribution in [2.75, 3.05) is 48.3 Å². The van der Waals surface area contributed by atoms with Gasteiger partial charge in [0, 0.05) is 24.3 Å². The largest absolute Gasteiger partial charge is 0.571 e. The molecule has 84 heavy (non-hydrogen) atoms. The number of esters is 2. The quantitative estimate of drug-likeness (QED) is 0.0274. The summed E-state index contributed by atoms with van der Waals surface area (Å²) in [5.41, 5.74) is 0.705. The average molecular weight is 1190 g/mol. The molecule has 8 rings (SSSR count). The Morgan fingerprint density at radius 2 is 0.952 bits per heavy atom. The highest BCUT2D eigenvalue weighted by molar-refractivity contribution is 5.88. The third kappa shape index (κ3) is 13.5. The van der Waals surface area contributed by atoms with E-state index in [9.17, 15) is 81.1 Å². The van der Waals surface area contributed by atoms with E-state index in [1.54, 1.807) is 0 Å². The molecule has 3 saturated heterocycles. The number of benzene rings is 4. The molecule has 29 nitrogen and oxygen atoms in total. The van der Waals surface area contributed by atoms with E-state index in [-0.39, 0.29) is 62.9 Å². The lowest BCUT2D eigenvalue weighted by Gasteiger charge is -2.40. The van der Waals surface area contributed by atoms with E-state index < -0.39 is 147 Å². The minimum absolute atomic E-state index is 0.0479. The fourth-order valence-corrected chi connectivity index (χ4v) is 9.11. The number of carbonyl (C=O) groups excluding carboxylic acids is 2. The number of aliphatic hydroxyl groups excluding tert-OH is 10. The zero-order valence-electron chi connectivity index (χ0n) is 44.9. The summed E-state index contributed by atoms with van der Waals surface area (Å²) in [5, 5.41) is 150. The molecule has 0 aliphatic carbocycles. The van der Waals surface area contributed by atoms with Gasteiger partial charge in [-0.05, 0) is 65.7 Å². The molecule has 16 atom stereocenters. The Kier molecular flexibility index (Phi) is 19.8. The van der Waals surface area contributed by atoms with Crippen LogP contribution in [-0.2, 0) is 38.0 Å². The van der Waals surface area contributed by atoms with Gasteiger partial charge in [0.15, 0.2) is 40.3 Å². The molecule has 0 bridgehead atoms. The summed E-state index contributed by atoms with van der Waals surface area (Å²) < 4.78 is 70.7. The maximum Gasteiger partial charge on any atom is 0.330 e. The number of phenolic OH excluding ortho intramolecular Hbond substituents is 4. The molecular formula is C55H63O29+. The normalized spacial score (nSPS) is 29.4. The summed E-state index contributed by atoms with van der Waals surface area (Å²) in [6.45, 7) is -2.21. The van der Waals surface area contributed by atoms with Gasteiger partial charge in [0.2, 0.25) is 30.4 Å². The van der Waals surface area contributed by atoms with Crippen LogP contribution in [-0.4, -0.2) is 229 Å². The number of hydrogen-bond acceptors (Lipinski definition) is 28. The number of phenols is 4. The molecule has 4 heterocycles. The van der Waals surface area contributed by atoms with Crippen LogP contribution in [0.2, 0.25) is 0 Å². The lowest BCUT2D eigenvalue weighted by Crippen LogP contribution is -2.60. The molecule has 0 spiro atoms. The molecule has 4 aromatic carbocycles. The second-order valence-corrected chi connectivity index (χ2v) is 19.2. The highest BCUT2D eigenvalue weighted by atomic mass is 16.7. The number of aromatic hydroxyl groups is 5. The van der Waals surface area contributed by atoms with Crippen LogP contribution in [0.15, 0.2) is 72.5 Å². The second-order valence-electron chi connectivity index (χ2n) is 19.2. The van der Waals surface area contributed by atoms with Crippen LogP contribution in [0.5, 0.6) is 63.2 Å². The zero-order chi connectivity index (χ0) is 60.8. The molecule has 0 radical (unpaired) electrons. The molecule has 15 N–H and O–H groups in total. The van der Waals surface area contributed by atoms with Crippen molar-refractivity contribution in [3.63, 3.8) is 0 Å². The zero-order valence-corrected chi connectivity index (χ0v) is 44.9. The SMILES string of the molecule is COc1cc(C=CC(=O)OCC2OC(Oc3cc(O)c4c(c3)[OH+]C(c3ccc(O)c(OC5OC(COC(=O)C=Cc6cc(OC)c(O)c(OC)c6)C(O)C(O)C5O)c3)C(OC3OC(CO)C(O)C(O)C3O)=C4)C(O)C(O)C2O)cc(OC)c1O. The number of rotatable bonds is 20. The summed E-state index contributed by atoms with van der Waals surface area (Å²) in [6.07, 6.45) is -22.7. The molecule has 456 valence electrons. The Hall–Kier alpha value is -7.88. The van der Waals surface area contributed by atoms with Crippen LogP contribution in [0.25, 0.3) is 18.2 Å². The molecule has 0 saturated carbocycles. The third-order valence-electron chi connectivity index (χ3n) is 13.8. The predicted octanol–water partition coefficient (Wildman–Crippen LogP) is -1.42. The van der Waals surface area contributed by atoms with Gasteiger partial charge in [0.1, 0.15) is 104 Å². The fourth-order valence-electron chi connectivity index (χ4n) is 9.11. The van der Waals surface area contributed by atoms with Crippen LogP contribution in [0.1, 0.15) is 28.4 Å². The van der Waals surface area contributed by atoms with E-state index >= 15 is 0 Å². The minimum Gasteiger partial charge on any atom is -0.571 e. The fraction of sp³-hybridized carbons (Fsp3) is 0.418. The molecule has 3 fully saturated rings. The van der Waals surface area contributed by atoms with Gasteiger partial charge in [-0.3, -0.25) is 0 Å². The lowest BCUT2D eigenvalue weighted by atomic mass is 9.98. The van der Waals surface area contributed by atoms with Gasteiger partial charge in [-0.2, -0.15) is 0 Å². The number of carbonyl (C=O) groups is 2. The van der Waals surface area contributed by atoms with E-state index in [1.807, 2.05) is 0 Å². The second kappa shape index (κ2) is 26.8. The topological polar surface area (TPSA) is 441 Å². The predicted molar refractivity (Wildman–Crippen MR) is 280 cm³/mol. The van der Waals surface area contributed by atoms with Crippen molar-refractivity contribution < 1.29 is 143 Å². The van der Waals surface area contributed by atoms with Gasteiger partial charge in [-0.25, -0.2) is 9.59 Å². The van der Waals surface area contributed by atoms with Gasteiger partial charge in [0.05, 0.1) is 46.7 Å². The minimum atomic E-state index is -2.00. The first-order chi connectivity index (χ1) is 40.1. The summed E-state index contributed by atoms with van der Waals surface area (Å²) in [7, 11) is 5.25. The highest BCUT2D eigenvalue weighted by Crippen LogP contribution is 2.48. The van der Waals surface area contributed by atoms with Crippen LogP contribution >= 0.6 is 0 Å². The standard InChI is InChI=1S/C55H62O29/c1-72-31-11-22(12-32(73-2)41(31)61)5-9-39(59)76-20-37-44(64)47(67)49(69)53(83-37)78-25-16-28(58)26-18-35(81-55-50(70)46(66)43(63)36(19-56)82-55)52(79-29(26)17-25)24-7-8-27(57)30(15-24)80-54-51(71)48(68)45(65)38(84-54)21-77-40(60)10-6-23-13-33(74-3)42(62)34(14-23)75-4/h5-18,36-38,43-58,61-71H,19-21H2,1-4H3/p+1. The molecule has 0 amide bonds. The van der Waals surface area contributed by atoms with E-state index in [1.165, 1.54) is 89.1 Å². The van der Waals surface area contributed by atoms with Crippen molar-refractivity contribution in [3.8, 4) is 63.2 Å². The van der Waals surface area contributed by atoms with E-state index in [0.717, 1.165) is 24.3 Å². The maximum absolute atomic E-state index is 12.8. The summed E-state index contributed by atoms with van der Waals surface area (Å²) in [6, 6.07) is 11.5. The van der Waals surface area contributed by atoms with Crippen LogP contribution in [0.3, 0.4) is 0 Å². The van der Waals surface area contributed by atoms with Gasteiger partial charge >= 0.3 is 11.9 Å². The number of ether oxygens (including phenoxy) is 13. The monoisotopic (exact) mass is 1190 g/mol. The first-order valence-corrected chi connectivity index (χ1v) is 25.5. The van der Waals surface area contributed by atoms with Gasteiger partial charge in [0.25, 0.3) is 11.9 Å². The maximum atomic E-state index is 12.8. The number of fused-ring (bicyclic) bond motifs is 1. The lowest BCUT2D eigenvalue weighted by molar-refractivity contribution is -0.295. The molecule has 4 aliphatic rings. The van der Waals surface area contributed by atoms with Crippen LogP contribution < -0.4 is 28.4 Å². The van der Waals surface area contributed by atoms with E-state index in [4.69, 9.17) is 61.6 Å². The van der Waals surface area contributed by atoms with E-state index in [0.29, 0.717) is 11.1 Å². The van der Waals surface area contributed by atoms with E-state index in [2.05, 4.69) is 0 Å². The first-order valence-electron chi connectivity index (χ1n) is 25.5. The summed E-state index contributed by atoms with van der Waals surface area (Å²) >= 11 is 0. The first kappa shape index (κ1) is 62.2. The molecule has 0 aromatic heterocycles. The van der Waals surface area contributed by atoms with Crippen LogP contribution in [0, 0.1) is 0 Å². The third-order valence-corrected chi connectivity index (χ3v) is 13.8. The molecule has 4 aliphatic heterocycles. The Labute approximate surface area is 476 Å².